The first-order chi connectivity index (χ1) is 22.0. The number of halogens is 1. The number of nitrogens with one attached hydrogen (secondary N) is 3. The van der Waals surface area contributed by atoms with Gasteiger partial charge in [0.25, 0.3) is 0 Å². The number of anilines is 4. The number of ether oxygens (including phenoxy) is 1. The highest BCUT2D eigenvalue weighted by atomic mass is 32.2. The summed E-state index contributed by atoms with van der Waals surface area (Å²) in [6, 6.07) is 23.4. The van der Waals surface area contributed by atoms with E-state index in [1.807, 2.05) is 36.4 Å². The average molecular weight is 647 g/mol. The van der Waals surface area contributed by atoms with Crippen molar-refractivity contribution < 1.29 is 27.1 Å². The molecule has 1 aromatic heterocycles. The second-order valence-electron chi connectivity index (χ2n) is 11.0. The Morgan fingerprint density at radius 3 is 2.28 bits per heavy atom. The van der Waals surface area contributed by atoms with Crippen LogP contribution in [0.15, 0.2) is 91.1 Å². The number of urea groups is 1. The number of amides is 3. The number of carbonyl (C=O) groups excluding carboxylic acids is 2. The molecule has 13 heteroatoms. The molecule has 0 saturated carbocycles. The summed E-state index contributed by atoms with van der Waals surface area (Å²) in [6.45, 7) is 3.50. The second kappa shape index (κ2) is 14.4. The number of rotatable bonds is 10. The predicted octanol–water partition coefficient (Wildman–Crippen LogP) is 6.05. The molecule has 0 unspecified atom stereocenters. The number of para-hydroxylation sites is 1. The SMILES string of the molecule is CC(=O)Nc1cc(NC(=O)N(c2ccccc2)C2CCN(Cc3ccc(Oc4ccc(NS(C)(=O)=O)cc4)nc3)CC2)ccc1F. The van der Waals surface area contributed by atoms with Crippen LogP contribution in [0, 0.1) is 5.82 Å². The number of hydrogen-bond acceptors (Lipinski definition) is 7. The van der Waals surface area contributed by atoms with Crippen LogP contribution >= 0.6 is 0 Å². The largest absolute Gasteiger partial charge is 0.439 e. The van der Waals surface area contributed by atoms with Crippen molar-refractivity contribution in [2.24, 2.45) is 0 Å². The Morgan fingerprint density at radius 1 is 0.957 bits per heavy atom. The van der Waals surface area contributed by atoms with Crippen molar-refractivity contribution in [1.82, 2.24) is 9.88 Å². The van der Waals surface area contributed by atoms with E-state index in [-0.39, 0.29) is 17.8 Å². The van der Waals surface area contributed by atoms with Crippen LogP contribution in [0.2, 0.25) is 0 Å². The molecule has 11 nitrogen and oxygen atoms in total. The minimum atomic E-state index is -3.36. The molecule has 3 N–H and O–H groups in total. The Labute approximate surface area is 267 Å². The van der Waals surface area contributed by atoms with Crippen molar-refractivity contribution in [1.29, 1.82) is 0 Å². The molecule has 0 bridgehead atoms. The first kappa shape index (κ1) is 32.4. The molecule has 0 atom stereocenters. The maximum Gasteiger partial charge on any atom is 0.326 e. The van der Waals surface area contributed by atoms with Gasteiger partial charge in [0.15, 0.2) is 0 Å². The highest BCUT2D eigenvalue weighted by Crippen LogP contribution is 2.27. The lowest BCUT2D eigenvalue weighted by Gasteiger charge is -2.38. The molecule has 1 aliphatic heterocycles. The molecule has 240 valence electrons. The van der Waals surface area contributed by atoms with E-state index in [0.717, 1.165) is 43.4 Å². The molecule has 0 aliphatic carbocycles. The summed E-state index contributed by atoms with van der Waals surface area (Å²) >= 11 is 0. The topological polar surface area (TPSA) is 133 Å². The molecule has 2 heterocycles. The third kappa shape index (κ3) is 9.02. The normalized spacial score (nSPS) is 13.9. The fraction of sp³-hybridized carbons (Fsp3) is 0.242. The van der Waals surface area contributed by atoms with Crippen molar-refractivity contribution in [3.05, 3.63) is 103 Å². The first-order valence-electron chi connectivity index (χ1n) is 14.7. The molecule has 46 heavy (non-hydrogen) atoms. The Kier molecular flexibility index (Phi) is 10.1. The fourth-order valence-corrected chi connectivity index (χ4v) is 5.80. The summed E-state index contributed by atoms with van der Waals surface area (Å²) in [7, 11) is -3.36. The maximum absolute atomic E-state index is 14.2. The molecule has 5 rings (SSSR count). The monoisotopic (exact) mass is 646 g/mol. The first-order valence-corrected chi connectivity index (χ1v) is 16.6. The number of likely N-dealkylation sites (tertiary alicyclic amines) is 1. The zero-order chi connectivity index (χ0) is 32.7. The van der Waals surface area contributed by atoms with E-state index in [1.165, 1.54) is 25.1 Å². The Hall–Kier alpha value is -5.01. The lowest BCUT2D eigenvalue weighted by atomic mass is 10.0. The highest BCUT2D eigenvalue weighted by molar-refractivity contribution is 7.92. The van der Waals surface area contributed by atoms with Crippen LogP contribution in [-0.4, -0.2) is 55.6 Å². The van der Waals surface area contributed by atoms with Gasteiger partial charge in [-0.2, -0.15) is 0 Å². The highest BCUT2D eigenvalue weighted by Gasteiger charge is 2.29. The number of carbonyl (C=O) groups is 2. The fourth-order valence-electron chi connectivity index (χ4n) is 5.24. The summed E-state index contributed by atoms with van der Waals surface area (Å²) in [5.74, 6) is -0.0511. The van der Waals surface area contributed by atoms with E-state index in [0.29, 0.717) is 29.5 Å². The quantitative estimate of drug-likeness (QED) is 0.191. The zero-order valence-electron chi connectivity index (χ0n) is 25.4. The lowest BCUT2D eigenvalue weighted by molar-refractivity contribution is -0.114. The molecule has 0 radical (unpaired) electrons. The van der Waals surface area contributed by atoms with Crippen molar-refractivity contribution in [3.63, 3.8) is 0 Å². The summed E-state index contributed by atoms with van der Waals surface area (Å²) in [4.78, 5) is 33.6. The van der Waals surface area contributed by atoms with Gasteiger partial charge in [-0.25, -0.2) is 22.6 Å². The second-order valence-corrected chi connectivity index (χ2v) is 12.8. The van der Waals surface area contributed by atoms with Gasteiger partial charge in [-0.05, 0) is 73.0 Å². The third-order valence-electron chi connectivity index (χ3n) is 7.29. The number of nitrogens with zero attached hydrogens (tertiary/aromatic N) is 3. The average Bonchev–Trinajstić information content (AvgIpc) is 3.01. The van der Waals surface area contributed by atoms with Crippen molar-refractivity contribution in [2.75, 3.05) is 39.6 Å². The molecule has 4 aromatic rings. The van der Waals surface area contributed by atoms with Crippen LogP contribution in [-0.2, 0) is 21.4 Å². The van der Waals surface area contributed by atoms with Gasteiger partial charge < -0.3 is 15.4 Å². The third-order valence-corrected chi connectivity index (χ3v) is 7.89. The van der Waals surface area contributed by atoms with Gasteiger partial charge in [0.05, 0.1) is 11.9 Å². The number of pyridine rings is 1. The summed E-state index contributed by atoms with van der Waals surface area (Å²) in [5, 5.41) is 5.31. The van der Waals surface area contributed by atoms with Gasteiger partial charge in [-0.1, -0.05) is 24.3 Å². The summed E-state index contributed by atoms with van der Waals surface area (Å²) in [6.07, 6.45) is 4.33. The van der Waals surface area contributed by atoms with Gasteiger partial charge >= 0.3 is 6.03 Å². The van der Waals surface area contributed by atoms with Crippen LogP contribution in [0.5, 0.6) is 11.6 Å². The number of sulfonamides is 1. The number of piperidine rings is 1. The van der Waals surface area contributed by atoms with E-state index in [4.69, 9.17) is 4.74 Å². The van der Waals surface area contributed by atoms with Gasteiger partial charge in [0.1, 0.15) is 11.6 Å². The molecule has 1 fully saturated rings. The number of benzene rings is 3. The minimum Gasteiger partial charge on any atom is -0.439 e. The van der Waals surface area contributed by atoms with Gasteiger partial charge in [0, 0.05) is 61.9 Å². The Morgan fingerprint density at radius 2 is 1.65 bits per heavy atom. The van der Waals surface area contributed by atoms with Gasteiger partial charge in [-0.3, -0.25) is 19.3 Å². The van der Waals surface area contributed by atoms with E-state index in [2.05, 4.69) is 25.2 Å². The van der Waals surface area contributed by atoms with E-state index in [9.17, 15) is 22.4 Å². The minimum absolute atomic E-state index is 0.00269. The number of hydrogen-bond donors (Lipinski definition) is 3. The summed E-state index contributed by atoms with van der Waals surface area (Å²) in [5.41, 5.74) is 2.58. The Balaban J connectivity index is 1.18. The molecule has 1 saturated heterocycles. The molecule has 0 spiro atoms. The van der Waals surface area contributed by atoms with Crippen LogP contribution in [0.1, 0.15) is 25.3 Å². The number of aromatic nitrogens is 1. The smallest absolute Gasteiger partial charge is 0.326 e. The standard InChI is InChI=1S/C33H35FN6O5S/c1-23(41)36-31-20-26(11-14-30(31)34)37-33(42)40(27-6-4-3-5-7-27)28-16-18-39(19-17-28)22-24-8-15-32(35-21-24)45-29-12-9-25(10-13-29)38-46(2,43)44/h3-15,20-21,28,38H,16-19,22H2,1-2H3,(H,36,41)(H,37,42). The van der Waals surface area contributed by atoms with Crippen molar-refractivity contribution >= 4 is 44.7 Å². The molecule has 3 amide bonds. The molecule has 3 aromatic carbocycles. The maximum atomic E-state index is 14.2. The van der Waals surface area contributed by atoms with Crippen molar-refractivity contribution in [2.45, 2.75) is 32.4 Å². The van der Waals surface area contributed by atoms with Crippen LogP contribution < -0.4 is 25.0 Å². The molecular formula is C33H35FN6O5S. The van der Waals surface area contributed by atoms with E-state index in [1.54, 1.807) is 41.4 Å². The zero-order valence-corrected chi connectivity index (χ0v) is 26.3. The Bertz CT molecular complexity index is 1760. The van der Waals surface area contributed by atoms with E-state index >= 15 is 0 Å². The molecular weight excluding hydrogens is 611 g/mol. The van der Waals surface area contributed by atoms with Crippen LogP contribution in [0.3, 0.4) is 0 Å². The predicted molar refractivity (Wildman–Crippen MR) is 176 cm³/mol. The van der Waals surface area contributed by atoms with Gasteiger partial charge in [0.2, 0.25) is 21.8 Å². The van der Waals surface area contributed by atoms with Crippen LogP contribution in [0.25, 0.3) is 0 Å². The lowest BCUT2D eigenvalue weighted by Crippen LogP contribution is -2.49. The molecule has 1 aliphatic rings. The van der Waals surface area contributed by atoms with E-state index < -0.39 is 21.7 Å². The summed E-state index contributed by atoms with van der Waals surface area (Å²) < 4.78 is 45.2. The van der Waals surface area contributed by atoms with Crippen LogP contribution in [0.4, 0.5) is 31.9 Å². The van der Waals surface area contributed by atoms with Crippen molar-refractivity contribution in [3.8, 4) is 11.6 Å². The van der Waals surface area contributed by atoms with Gasteiger partial charge in [-0.15, -0.1) is 0 Å².